The summed E-state index contributed by atoms with van der Waals surface area (Å²) in [4.78, 5) is 22.5. The summed E-state index contributed by atoms with van der Waals surface area (Å²) in [6, 6.07) is 14.9. The first-order valence-electron chi connectivity index (χ1n) is 12.0. The van der Waals surface area contributed by atoms with Gasteiger partial charge < -0.3 is 25.5 Å². The fraction of sp³-hybridized carbons (Fsp3) is 0.259. The van der Waals surface area contributed by atoms with Crippen molar-refractivity contribution in [2.75, 3.05) is 45.1 Å². The third-order valence-electron chi connectivity index (χ3n) is 6.33. The quantitative estimate of drug-likeness (QED) is 0.298. The van der Waals surface area contributed by atoms with Gasteiger partial charge in [0, 0.05) is 64.5 Å². The van der Waals surface area contributed by atoms with E-state index in [9.17, 15) is 4.79 Å². The van der Waals surface area contributed by atoms with E-state index in [0.29, 0.717) is 33.6 Å². The number of nitrogens with zero attached hydrogens (tertiary/aromatic N) is 2. The van der Waals surface area contributed by atoms with Gasteiger partial charge in [-0.15, -0.1) is 0 Å². The molecule has 10 heteroatoms. The maximum atomic E-state index is 12.7. The third-order valence-corrected chi connectivity index (χ3v) is 7.04. The van der Waals surface area contributed by atoms with E-state index in [1.807, 2.05) is 30.3 Å². The number of carbonyl (C=O) groups excluding carboxylic acids is 1. The van der Waals surface area contributed by atoms with Gasteiger partial charge in [-0.05, 0) is 42.0 Å². The first kappa shape index (κ1) is 25.4. The molecular formula is C27H27Cl2N5O3. The lowest BCUT2D eigenvalue weighted by molar-refractivity contribution is 0.0383. The highest BCUT2D eigenvalue weighted by atomic mass is 35.5. The topological polar surface area (TPSA) is 106 Å². The first-order chi connectivity index (χ1) is 18.0. The molecule has 4 aromatic rings. The van der Waals surface area contributed by atoms with Crippen molar-refractivity contribution in [2.45, 2.75) is 6.61 Å². The highest BCUT2D eigenvalue weighted by molar-refractivity contribution is 6.35. The van der Waals surface area contributed by atoms with Gasteiger partial charge in [-0.2, -0.15) is 0 Å². The highest BCUT2D eigenvalue weighted by Crippen LogP contribution is 2.31. The molecule has 0 radical (unpaired) electrons. The average molecular weight is 540 g/mol. The van der Waals surface area contributed by atoms with E-state index in [1.54, 1.807) is 24.4 Å². The van der Waals surface area contributed by atoms with Crippen LogP contribution in [0, 0.1) is 0 Å². The summed E-state index contributed by atoms with van der Waals surface area (Å²) in [5.41, 5.74) is 9.88. The fourth-order valence-electron chi connectivity index (χ4n) is 4.23. The number of anilines is 1. The number of fused-ring (bicyclic) bond motifs is 1. The summed E-state index contributed by atoms with van der Waals surface area (Å²) in [5.74, 6) is 0.572. The highest BCUT2D eigenvalue weighted by Gasteiger charge is 2.14. The molecule has 0 aliphatic carbocycles. The Hall–Kier alpha value is -3.30. The van der Waals surface area contributed by atoms with Crippen LogP contribution in [0.2, 0.25) is 10.0 Å². The van der Waals surface area contributed by atoms with Gasteiger partial charge in [-0.3, -0.25) is 9.69 Å². The van der Waals surface area contributed by atoms with Gasteiger partial charge >= 0.3 is 0 Å². The zero-order valence-corrected chi connectivity index (χ0v) is 21.6. The lowest BCUT2D eigenvalue weighted by atomic mass is 10.1. The van der Waals surface area contributed by atoms with Gasteiger partial charge in [-0.1, -0.05) is 35.3 Å². The van der Waals surface area contributed by atoms with Gasteiger partial charge in [0.2, 0.25) is 0 Å². The van der Waals surface area contributed by atoms with Crippen LogP contribution < -0.4 is 15.8 Å². The average Bonchev–Trinajstić information content (AvgIpc) is 3.34. The second kappa shape index (κ2) is 11.4. The standard InChI is InChI=1S/C27H27Cl2N5O3/c28-21-2-1-3-22(29)20(21)16-37-25-14-19(15-32-26(25)30)17-4-5-23-18(12-17)13-24(33-23)27(35)31-6-7-34-8-10-36-11-9-34/h1-5,12-15,33H,6-11,16H2,(H2,30,32)(H,31,35). The van der Waals surface area contributed by atoms with Gasteiger partial charge in [-0.25, -0.2) is 4.98 Å². The van der Waals surface area contributed by atoms with Crippen LogP contribution in [0.15, 0.2) is 54.7 Å². The molecule has 3 heterocycles. The summed E-state index contributed by atoms with van der Waals surface area (Å²) in [7, 11) is 0. The molecule has 0 bridgehead atoms. The van der Waals surface area contributed by atoms with Crippen LogP contribution in [0.5, 0.6) is 5.75 Å². The summed E-state index contributed by atoms with van der Waals surface area (Å²) in [5, 5.41) is 4.95. The number of pyridine rings is 1. The molecule has 4 N–H and O–H groups in total. The number of ether oxygens (including phenoxy) is 2. The number of hydrogen-bond acceptors (Lipinski definition) is 6. The summed E-state index contributed by atoms with van der Waals surface area (Å²) in [6.45, 7) is 4.82. The maximum absolute atomic E-state index is 12.7. The molecule has 1 fully saturated rings. The number of morpholine rings is 1. The minimum absolute atomic E-state index is 0.130. The Morgan fingerprint density at radius 3 is 2.68 bits per heavy atom. The minimum atomic E-state index is -0.130. The normalized spacial score (nSPS) is 14.1. The van der Waals surface area contributed by atoms with Gasteiger partial charge in [0.05, 0.1) is 13.2 Å². The van der Waals surface area contributed by atoms with Crippen molar-refractivity contribution in [2.24, 2.45) is 0 Å². The predicted octanol–water partition coefficient (Wildman–Crippen LogP) is 4.76. The van der Waals surface area contributed by atoms with Crippen molar-refractivity contribution >= 4 is 45.8 Å². The molecule has 1 saturated heterocycles. The largest absolute Gasteiger partial charge is 0.485 e. The Balaban J connectivity index is 1.28. The predicted molar refractivity (Wildman–Crippen MR) is 146 cm³/mol. The monoisotopic (exact) mass is 539 g/mol. The third kappa shape index (κ3) is 5.99. The van der Waals surface area contributed by atoms with E-state index >= 15 is 0 Å². The molecule has 0 unspecified atom stereocenters. The number of nitrogens with one attached hydrogen (secondary N) is 2. The van der Waals surface area contributed by atoms with Crippen LogP contribution in [-0.4, -0.2) is 60.2 Å². The van der Waals surface area contributed by atoms with E-state index in [0.717, 1.165) is 54.9 Å². The number of halogens is 2. The molecule has 37 heavy (non-hydrogen) atoms. The van der Waals surface area contributed by atoms with Crippen LogP contribution in [0.3, 0.4) is 0 Å². The van der Waals surface area contributed by atoms with Crippen molar-refractivity contribution < 1.29 is 14.3 Å². The molecule has 5 rings (SSSR count). The Morgan fingerprint density at radius 1 is 1.11 bits per heavy atom. The zero-order chi connectivity index (χ0) is 25.8. The van der Waals surface area contributed by atoms with E-state index in [-0.39, 0.29) is 18.3 Å². The van der Waals surface area contributed by atoms with E-state index in [1.165, 1.54) is 0 Å². The molecule has 1 aliphatic rings. The second-order valence-corrected chi connectivity index (χ2v) is 9.61. The lowest BCUT2D eigenvalue weighted by Gasteiger charge is -2.26. The summed E-state index contributed by atoms with van der Waals surface area (Å²) in [6.07, 6.45) is 1.69. The first-order valence-corrected chi connectivity index (χ1v) is 12.8. The number of H-pyrrole nitrogens is 1. The van der Waals surface area contributed by atoms with Crippen molar-refractivity contribution in [1.29, 1.82) is 0 Å². The number of amides is 1. The molecule has 1 amide bonds. The Bertz CT molecular complexity index is 1400. The molecule has 2 aromatic carbocycles. The van der Waals surface area contributed by atoms with E-state index < -0.39 is 0 Å². The van der Waals surface area contributed by atoms with Crippen LogP contribution in [0.25, 0.3) is 22.0 Å². The Morgan fingerprint density at radius 2 is 1.89 bits per heavy atom. The van der Waals surface area contributed by atoms with Crippen molar-refractivity contribution in [3.05, 3.63) is 76.0 Å². The molecule has 0 atom stereocenters. The number of nitrogens with two attached hydrogens (primary N) is 1. The van der Waals surface area contributed by atoms with Gasteiger partial charge in [0.1, 0.15) is 12.3 Å². The SMILES string of the molecule is Nc1ncc(-c2ccc3[nH]c(C(=O)NCCN4CCOCC4)cc3c2)cc1OCc1c(Cl)cccc1Cl. The van der Waals surface area contributed by atoms with E-state index in [4.69, 9.17) is 38.4 Å². The van der Waals surface area contributed by atoms with Crippen molar-refractivity contribution in [3.8, 4) is 16.9 Å². The summed E-state index contributed by atoms with van der Waals surface area (Å²) >= 11 is 12.5. The van der Waals surface area contributed by atoms with Crippen LogP contribution in [-0.2, 0) is 11.3 Å². The van der Waals surface area contributed by atoms with E-state index in [2.05, 4.69) is 20.2 Å². The zero-order valence-electron chi connectivity index (χ0n) is 20.1. The number of hydrogen-bond donors (Lipinski definition) is 3. The number of aromatic amines is 1. The fourth-order valence-corrected chi connectivity index (χ4v) is 4.74. The number of rotatable bonds is 8. The molecular weight excluding hydrogens is 513 g/mol. The molecule has 0 spiro atoms. The maximum Gasteiger partial charge on any atom is 0.267 e. The minimum Gasteiger partial charge on any atom is -0.485 e. The van der Waals surface area contributed by atoms with Gasteiger partial charge in [0.15, 0.2) is 11.6 Å². The molecule has 8 nitrogen and oxygen atoms in total. The molecule has 192 valence electrons. The molecule has 0 saturated carbocycles. The number of carbonyl (C=O) groups is 1. The number of aromatic nitrogens is 2. The van der Waals surface area contributed by atoms with Gasteiger partial charge in [0.25, 0.3) is 5.91 Å². The molecule has 1 aliphatic heterocycles. The second-order valence-electron chi connectivity index (χ2n) is 8.79. The lowest BCUT2D eigenvalue weighted by Crippen LogP contribution is -2.41. The Kier molecular flexibility index (Phi) is 7.81. The Labute approximate surface area is 224 Å². The molecule has 2 aromatic heterocycles. The van der Waals surface area contributed by atoms with Crippen molar-refractivity contribution in [3.63, 3.8) is 0 Å². The summed E-state index contributed by atoms with van der Waals surface area (Å²) < 4.78 is 11.3. The van der Waals surface area contributed by atoms with Crippen molar-refractivity contribution in [1.82, 2.24) is 20.2 Å². The number of nitrogen functional groups attached to an aromatic ring is 1. The van der Waals surface area contributed by atoms with Crippen LogP contribution in [0.4, 0.5) is 5.82 Å². The van der Waals surface area contributed by atoms with Crippen LogP contribution in [0.1, 0.15) is 16.1 Å². The number of benzene rings is 2. The van der Waals surface area contributed by atoms with Crippen LogP contribution >= 0.6 is 23.2 Å². The smallest absolute Gasteiger partial charge is 0.267 e.